The highest BCUT2D eigenvalue weighted by atomic mass is 79.9. The van der Waals surface area contributed by atoms with E-state index in [9.17, 15) is 9.59 Å². The van der Waals surface area contributed by atoms with Gasteiger partial charge in [-0.15, -0.1) is 0 Å². The number of aryl methyl sites for hydroxylation is 1. The molecule has 1 aliphatic heterocycles. The summed E-state index contributed by atoms with van der Waals surface area (Å²) in [5, 5.41) is 0. The Kier molecular flexibility index (Phi) is 7.24. The van der Waals surface area contributed by atoms with E-state index in [-0.39, 0.29) is 18.0 Å². The number of nitrogens with zero attached hydrogens (tertiary/aromatic N) is 3. The summed E-state index contributed by atoms with van der Waals surface area (Å²) in [7, 11) is 0. The molecule has 2 heterocycles. The third-order valence-corrected chi connectivity index (χ3v) is 5.45. The second-order valence-electron chi connectivity index (χ2n) is 6.98. The van der Waals surface area contributed by atoms with Crippen molar-refractivity contribution in [3.05, 3.63) is 69.1 Å². The molecule has 3 rings (SSSR count). The predicted molar refractivity (Wildman–Crippen MR) is 111 cm³/mol. The third kappa shape index (κ3) is 6.04. The number of benzene rings is 1. The van der Waals surface area contributed by atoms with Crippen LogP contribution in [-0.2, 0) is 17.8 Å². The summed E-state index contributed by atoms with van der Waals surface area (Å²) in [6.07, 6.45) is 4.87. The first-order valence-electron chi connectivity index (χ1n) is 9.52. The van der Waals surface area contributed by atoms with Crippen molar-refractivity contribution in [2.45, 2.75) is 25.8 Å². The van der Waals surface area contributed by atoms with Crippen LogP contribution >= 0.6 is 15.9 Å². The van der Waals surface area contributed by atoms with E-state index in [4.69, 9.17) is 0 Å². The number of hydrogen-bond donors (Lipinski definition) is 0. The minimum Gasteiger partial charge on any atom is -0.340 e. The first kappa shape index (κ1) is 19.8. The van der Waals surface area contributed by atoms with Crippen molar-refractivity contribution in [2.75, 3.05) is 32.7 Å². The van der Waals surface area contributed by atoms with E-state index >= 15 is 0 Å². The molecule has 1 aromatic heterocycles. The molecule has 1 fully saturated rings. The molecule has 5 nitrogen and oxygen atoms in total. The molecule has 0 N–H and O–H groups in total. The number of amides is 1. The van der Waals surface area contributed by atoms with Gasteiger partial charge < -0.3 is 14.4 Å². The summed E-state index contributed by atoms with van der Waals surface area (Å²) in [6.45, 7) is 4.57. The molecule has 0 aliphatic carbocycles. The van der Waals surface area contributed by atoms with Crippen molar-refractivity contribution in [3.8, 4) is 0 Å². The number of pyridine rings is 1. The van der Waals surface area contributed by atoms with Gasteiger partial charge in [0.1, 0.15) is 6.54 Å². The van der Waals surface area contributed by atoms with E-state index in [1.54, 1.807) is 12.3 Å². The number of halogens is 1. The molecule has 2 aromatic rings. The maximum Gasteiger partial charge on any atom is 0.251 e. The Bertz CT molecular complexity index is 807. The highest BCUT2D eigenvalue weighted by Crippen LogP contribution is 2.09. The van der Waals surface area contributed by atoms with Crippen molar-refractivity contribution in [2.24, 2.45) is 0 Å². The zero-order chi connectivity index (χ0) is 19.1. The summed E-state index contributed by atoms with van der Waals surface area (Å²) in [4.78, 5) is 28.9. The molecule has 1 saturated heterocycles. The normalized spacial score (nSPS) is 15.5. The van der Waals surface area contributed by atoms with Crippen LogP contribution in [0.3, 0.4) is 0 Å². The summed E-state index contributed by atoms with van der Waals surface area (Å²) in [6, 6.07) is 13.7. The van der Waals surface area contributed by atoms with Gasteiger partial charge in [-0.25, -0.2) is 0 Å². The minimum atomic E-state index is -0.149. The van der Waals surface area contributed by atoms with Crippen molar-refractivity contribution < 1.29 is 4.79 Å². The number of aromatic nitrogens is 1. The Morgan fingerprint density at radius 2 is 1.81 bits per heavy atom. The standard InChI is InChI=1S/C21H26BrN3O2/c22-19-9-10-20(26)25(16-19)17-21(27)24-13-5-12-23(14-15-24)11-4-8-18-6-2-1-3-7-18/h1-3,6-7,9-10,16H,4-5,8,11-15,17H2. The van der Waals surface area contributed by atoms with Gasteiger partial charge in [-0.2, -0.15) is 0 Å². The average molecular weight is 432 g/mol. The first-order valence-corrected chi connectivity index (χ1v) is 10.3. The molecule has 6 heteroatoms. The SMILES string of the molecule is O=C(Cn1cc(Br)ccc1=O)N1CCCN(CCCc2ccccc2)CC1. The monoisotopic (exact) mass is 431 g/mol. The first-order chi connectivity index (χ1) is 13.1. The van der Waals surface area contributed by atoms with E-state index in [2.05, 4.69) is 45.1 Å². The molecule has 0 saturated carbocycles. The highest BCUT2D eigenvalue weighted by Gasteiger charge is 2.19. The van der Waals surface area contributed by atoms with Gasteiger partial charge >= 0.3 is 0 Å². The van der Waals surface area contributed by atoms with E-state index < -0.39 is 0 Å². The van der Waals surface area contributed by atoms with Gasteiger partial charge in [-0.1, -0.05) is 30.3 Å². The Balaban J connectivity index is 1.46. The molecule has 1 aromatic carbocycles. The minimum absolute atomic E-state index is 0.0151. The number of carbonyl (C=O) groups is 1. The lowest BCUT2D eigenvalue weighted by Gasteiger charge is -2.22. The van der Waals surface area contributed by atoms with E-state index in [1.807, 2.05) is 11.0 Å². The molecule has 0 spiro atoms. The lowest BCUT2D eigenvalue weighted by Crippen LogP contribution is -2.39. The Hall–Kier alpha value is -1.92. The predicted octanol–water partition coefficient (Wildman–Crippen LogP) is 2.78. The van der Waals surface area contributed by atoms with Gasteiger partial charge in [0.15, 0.2) is 0 Å². The van der Waals surface area contributed by atoms with Crippen molar-refractivity contribution in [3.63, 3.8) is 0 Å². The summed E-state index contributed by atoms with van der Waals surface area (Å²) < 4.78 is 2.27. The fourth-order valence-corrected chi connectivity index (χ4v) is 3.85. The second-order valence-corrected chi connectivity index (χ2v) is 7.89. The number of rotatable bonds is 6. The second kappa shape index (κ2) is 9.85. The Morgan fingerprint density at radius 3 is 2.63 bits per heavy atom. The van der Waals surface area contributed by atoms with Crippen molar-refractivity contribution in [1.29, 1.82) is 0 Å². The van der Waals surface area contributed by atoms with Gasteiger partial charge in [-0.05, 0) is 59.9 Å². The average Bonchev–Trinajstić information content (AvgIpc) is 2.91. The third-order valence-electron chi connectivity index (χ3n) is 4.98. The largest absolute Gasteiger partial charge is 0.340 e. The zero-order valence-electron chi connectivity index (χ0n) is 15.5. The summed E-state index contributed by atoms with van der Waals surface area (Å²) in [5.74, 6) is 0.0151. The van der Waals surface area contributed by atoms with E-state index in [0.717, 1.165) is 56.5 Å². The van der Waals surface area contributed by atoms with Crippen LogP contribution in [-0.4, -0.2) is 53.0 Å². The van der Waals surface area contributed by atoms with Crippen LogP contribution in [0.4, 0.5) is 0 Å². The van der Waals surface area contributed by atoms with Crippen molar-refractivity contribution >= 4 is 21.8 Å². The molecular weight excluding hydrogens is 406 g/mol. The smallest absolute Gasteiger partial charge is 0.251 e. The molecule has 0 unspecified atom stereocenters. The topological polar surface area (TPSA) is 45.6 Å². The van der Waals surface area contributed by atoms with Crippen LogP contribution in [0.15, 0.2) is 57.9 Å². The van der Waals surface area contributed by atoms with Crippen LogP contribution < -0.4 is 5.56 Å². The van der Waals surface area contributed by atoms with Gasteiger partial charge in [0, 0.05) is 36.4 Å². The lowest BCUT2D eigenvalue weighted by atomic mass is 10.1. The van der Waals surface area contributed by atoms with Gasteiger partial charge in [0.05, 0.1) is 0 Å². The van der Waals surface area contributed by atoms with Crippen LogP contribution in [0.2, 0.25) is 0 Å². The number of carbonyl (C=O) groups excluding carboxylic acids is 1. The Labute approximate surface area is 168 Å². The van der Waals surface area contributed by atoms with Crippen molar-refractivity contribution in [1.82, 2.24) is 14.4 Å². The molecule has 1 aliphatic rings. The van der Waals surface area contributed by atoms with Gasteiger partial charge in [-0.3, -0.25) is 9.59 Å². The van der Waals surface area contributed by atoms with Gasteiger partial charge in [0.2, 0.25) is 5.91 Å². The molecule has 27 heavy (non-hydrogen) atoms. The molecule has 144 valence electrons. The Morgan fingerprint density at radius 1 is 1.00 bits per heavy atom. The van der Waals surface area contributed by atoms with E-state index in [1.165, 1.54) is 16.2 Å². The van der Waals surface area contributed by atoms with Crippen LogP contribution in [0.25, 0.3) is 0 Å². The summed E-state index contributed by atoms with van der Waals surface area (Å²) in [5.41, 5.74) is 1.23. The summed E-state index contributed by atoms with van der Waals surface area (Å²) >= 11 is 3.35. The molecular formula is C21H26BrN3O2. The van der Waals surface area contributed by atoms with E-state index in [0.29, 0.717) is 0 Å². The van der Waals surface area contributed by atoms with Crippen LogP contribution in [0, 0.1) is 0 Å². The molecule has 0 atom stereocenters. The zero-order valence-corrected chi connectivity index (χ0v) is 17.1. The fraction of sp³-hybridized carbons (Fsp3) is 0.429. The maximum atomic E-state index is 12.6. The van der Waals surface area contributed by atoms with Crippen LogP contribution in [0.1, 0.15) is 18.4 Å². The quantitative estimate of drug-likeness (QED) is 0.706. The molecule has 0 bridgehead atoms. The maximum absolute atomic E-state index is 12.6. The number of hydrogen-bond acceptors (Lipinski definition) is 3. The lowest BCUT2D eigenvalue weighted by molar-refractivity contribution is -0.131. The molecule has 0 radical (unpaired) electrons. The van der Waals surface area contributed by atoms with Crippen LogP contribution in [0.5, 0.6) is 0 Å². The fourth-order valence-electron chi connectivity index (χ4n) is 3.47. The van der Waals surface area contributed by atoms with Gasteiger partial charge in [0.25, 0.3) is 5.56 Å². The molecule has 1 amide bonds. The highest BCUT2D eigenvalue weighted by molar-refractivity contribution is 9.10.